The highest BCUT2D eigenvalue weighted by atomic mass is 35.5. The Morgan fingerprint density at radius 3 is 2.57 bits per heavy atom. The van der Waals surface area contributed by atoms with Crippen LogP contribution in [0.25, 0.3) is 11.0 Å². The van der Waals surface area contributed by atoms with Gasteiger partial charge in [-0.1, -0.05) is 42.5 Å². The smallest absolute Gasteiger partial charge is 0.125 e. The fourth-order valence-corrected chi connectivity index (χ4v) is 3.13. The van der Waals surface area contributed by atoms with Crippen molar-refractivity contribution >= 4 is 22.6 Å². The van der Waals surface area contributed by atoms with E-state index in [1.807, 2.05) is 6.07 Å². The van der Waals surface area contributed by atoms with E-state index >= 15 is 0 Å². The van der Waals surface area contributed by atoms with Crippen LogP contribution in [-0.2, 0) is 12.3 Å². The van der Waals surface area contributed by atoms with Crippen molar-refractivity contribution in [3.8, 4) is 0 Å². The van der Waals surface area contributed by atoms with Gasteiger partial charge in [-0.05, 0) is 37.5 Å². The summed E-state index contributed by atoms with van der Waals surface area (Å²) in [5, 5.41) is 0. The number of aryl methyl sites for hydroxylation is 1. The van der Waals surface area contributed by atoms with Crippen LogP contribution in [0.5, 0.6) is 0 Å². The standard InChI is InChI=1S/C18H19ClN2/c1-13-7-6-10-16-18(13)20-17(12-19)21(16)14(2)11-15-8-4-3-5-9-15/h3-10,14H,11-12H2,1-2H3. The van der Waals surface area contributed by atoms with Gasteiger partial charge in [0, 0.05) is 6.04 Å². The minimum atomic E-state index is 0.327. The summed E-state index contributed by atoms with van der Waals surface area (Å²) in [4.78, 5) is 4.72. The van der Waals surface area contributed by atoms with Crippen molar-refractivity contribution in [1.82, 2.24) is 9.55 Å². The summed E-state index contributed by atoms with van der Waals surface area (Å²) < 4.78 is 2.28. The van der Waals surface area contributed by atoms with Crippen molar-refractivity contribution in [2.24, 2.45) is 0 Å². The Morgan fingerprint density at radius 2 is 1.86 bits per heavy atom. The first-order chi connectivity index (χ1) is 10.2. The Morgan fingerprint density at radius 1 is 1.10 bits per heavy atom. The summed E-state index contributed by atoms with van der Waals surface area (Å²) in [5.74, 6) is 1.39. The Balaban J connectivity index is 2.04. The molecule has 3 aromatic rings. The first kappa shape index (κ1) is 14.2. The lowest BCUT2D eigenvalue weighted by atomic mass is 10.1. The van der Waals surface area contributed by atoms with Crippen LogP contribution in [0.4, 0.5) is 0 Å². The second-order valence-corrected chi connectivity index (χ2v) is 5.78. The Bertz CT molecular complexity index is 747. The maximum absolute atomic E-state index is 6.12. The molecule has 1 unspecified atom stereocenters. The number of benzene rings is 2. The van der Waals surface area contributed by atoms with Gasteiger partial charge in [-0.15, -0.1) is 11.6 Å². The van der Waals surface area contributed by atoms with Gasteiger partial charge in [-0.2, -0.15) is 0 Å². The number of hydrogen-bond donors (Lipinski definition) is 0. The number of para-hydroxylation sites is 1. The van der Waals surface area contributed by atoms with Gasteiger partial charge < -0.3 is 4.57 Å². The van der Waals surface area contributed by atoms with Crippen molar-refractivity contribution in [2.75, 3.05) is 0 Å². The number of hydrogen-bond acceptors (Lipinski definition) is 1. The third-order valence-corrected chi connectivity index (χ3v) is 4.17. The second kappa shape index (κ2) is 5.90. The van der Waals surface area contributed by atoms with E-state index in [0.717, 1.165) is 17.8 Å². The molecule has 0 amide bonds. The minimum absolute atomic E-state index is 0.327. The molecule has 0 bridgehead atoms. The first-order valence-corrected chi connectivity index (χ1v) is 7.80. The third-order valence-electron chi connectivity index (χ3n) is 3.93. The van der Waals surface area contributed by atoms with Crippen LogP contribution >= 0.6 is 11.6 Å². The zero-order valence-corrected chi connectivity index (χ0v) is 13.1. The maximum Gasteiger partial charge on any atom is 0.125 e. The predicted molar refractivity (Wildman–Crippen MR) is 88.9 cm³/mol. The summed E-state index contributed by atoms with van der Waals surface area (Å²) in [6, 6.07) is 17.2. The lowest BCUT2D eigenvalue weighted by Crippen LogP contribution is -2.11. The molecule has 2 nitrogen and oxygen atoms in total. The van der Waals surface area contributed by atoms with Gasteiger partial charge in [0.05, 0.1) is 16.9 Å². The molecule has 0 fully saturated rings. The van der Waals surface area contributed by atoms with Crippen molar-refractivity contribution in [2.45, 2.75) is 32.2 Å². The topological polar surface area (TPSA) is 17.8 Å². The molecule has 0 saturated heterocycles. The summed E-state index contributed by atoms with van der Waals surface area (Å²) in [6.45, 7) is 4.33. The van der Waals surface area contributed by atoms with E-state index in [1.165, 1.54) is 16.6 Å². The summed E-state index contributed by atoms with van der Waals surface area (Å²) in [5.41, 5.74) is 4.77. The van der Waals surface area contributed by atoms with E-state index in [1.54, 1.807) is 0 Å². The lowest BCUT2D eigenvalue weighted by Gasteiger charge is -2.17. The molecule has 1 atom stereocenters. The first-order valence-electron chi connectivity index (χ1n) is 7.27. The number of alkyl halides is 1. The minimum Gasteiger partial charge on any atom is -0.324 e. The maximum atomic E-state index is 6.12. The number of fused-ring (bicyclic) bond motifs is 1. The number of aromatic nitrogens is 2. The van der Waals surface area contributed by atoms with Gasteiger partial charge in [-0.25, -0.2) is 4.98 Å². The molecular weight excluding hydrogens is 280 g/mol. The van der Waals surface area contributed by atoms with Gasteiger partial charge in [-0.3, -0.25) is 0 Å². The molecule has 108 valence electrons. The van der Waals surface area contributed by atoms with Crippen LogP contribution in [0.15, 0.2) is 48.5 Å². The van der Waals surface area contributed by atoms with Gasteiger partial charge in [0.1, 0.15) is 5.82 Å². The van der Waals surface area contributed by atoms with Crippen molar-refractivity contribution in [1.29, 1.82) is 0 Å². The molecule has 0 radical (unpaired) electrons. The molecule has 1 heterocycles. The molecule has 0 saturated carbocycles. The van der Waals surface area contributed by atoms with Crippen LogP contribution in [0.1, 0.15) is 29.9 Å². The van der Waals surface area contributed by atoms with Crippen molar-refractivity contribution < 1.29 is 0 Å². The molecule has 0 aliphatic carbocycles. The zero-order chi connectivity index (χ0) is 14.8. The monoisotopic (exact) mass is 298 g/mol. The molecule has 2 aromatic carbocycles. The summed E-state index contributed by atoms with van der Waals surface area (Å²) in [6.07, 6.45) is 0.976. The number of imidazole rings is 1. The molecule has 3 rings (SSSR count). The predicted octanol–water partition coefficient (Wildman–Crippen LogP) is 4.89. The SMILES string of the molecule is Cc1cccc2c1nc(CCl)n2C(C)Cc1ccccc1. The van der Waals surface area contributed by atoms with Crippen molar-refractivity contribution in [3.05, 3.63) is 65.5 Å². The van der Waals surface area contributed by atoms with Gasteiger partial charge in [0.15, 0.2) is 0 Å². The van der Waals surface area contributed by atoms with Crippen LogP contribution in [0, 0.1) is 6.92 Å². The number of rotatable bonds is 4. The van der Waals surface area contributed by atoms with Crippen LogP contribution in [0.2, 0.25) is 0 Å². The molecule has 3 heteroatoms. The molecule has 21 heavy (non-hydrogen) atoms. The van der Waals surface area contributed by atoms with Gasteiger partial charge >= 0.3 is 0 Å². The van der Waals surface area contributed by atoms with E-state index < -0.39 is 0 Å². The fourth-order valence-electron chi connectivity index (χ4n) is 2.94. The highest BCUT2D eigenvalue weighted by Gasteiger charge is 2.16. The Kier molecular flexibility index (Phi) is 3.98. The molecular formula is C18H19ClN2. The van der Waals surface area contributed by atoms with E-state index in [2.05, 4.69) is 60.9 Å². The van der Waals surface area contributed by atoms with E-state index in [9.17, 15) is 0 Å². The quantitative estimate of drug-likeness (QED) is 0.627. The number of nitrogens with zero attached hydrogens (tertiary/aromatic N) is 2. The highest BCUT2D eigenvalue weighted by molar-refractivity contribution is 6.16. The van der Waals surface area contributed by atoms with Crippen LogP contribution < -0.4 is 0 Å². The average Bonchev–Trinajstić information content (AvgIpc) is 2.88. The molecule has 0 aliphatic heterocycles. The molecule has 0 spiro atoms. The average molecular weight is 299 g/mol. The lowest BCUT2D eigenvalue weighted by molar-refractivity contribution is 0.543. The zero-order valence-electron chi connectivity index (χ0n) is 12.4. The van der Waals surface area contributed by atoms with E-state index in [4.69, 9.17) is 16.6 Å². The molecule has 0 aliphatic rings. The molecule has 1 aromatic heterocycles. The van der Waals surface area contributed by atoms with Crippen molar-refractivity contribution in [3.63, 3.8) is 0 Å². The largest absolute Gasteiger partial charge is 0.324 e. The van der Waals surface area contributed by atoms with Crippen LogP contribution in [0.3, 0.4) is 0 Å². The third kappa shape index (κ3) is 2.68. The normalized spacial score (nSPS) is 12.7. The number of halogens is 1. The highest BCUT2D eigenvalue weighted by Crippen LogP contribution is 2.26. The summed E-state index contributed by atoms with van der Waals surface area (Å²) >= 11 is 6.12. The van der Waals surface area contributed by atoms with E-state index in [0.29, 0.717) is 11.9 Å². The molecule has 0 N–H and O–H groups in total. The Labute approximate surface area is 130 Å². The van der Waals surface area contributed by atoms with Gasteiger partial charge in [0.25, 0.3) is 0 Å². The second-order valence-electron chi connectivity index (χ2n) is 5.51. The van der Waals surface area contributed by atoms with Crippen LogP contribution in [-0.4, -0.2) is 9.55 Å². The fraction of sp³-hybridized carbons (Fsp3) is 0.278. The summed E-state index contributed by atoms with van der Waals surface area (Å²) in [7, 11) is 0. The van der Waals surface area contributed by atoms with E-state index in [-0.39, 0.29) is 0 Å². The Hall–Kier alpha value is -1.80. The van der Waals surface area contributed by atoms with Gasteiger partial charge in [0.2, 0.25) is 0 Å².